The Morgan fingerprint density at radius 2 is 1.78 bits per heavy atom. The fraction of sp³-hybridized carbons (Fsp3) is 0.227. The van der Waals surface area contributed by atoms with Gasteiger partial charge in [0.2, 0.25) is 5.88 Å². The van der Waals surface area contributed by atoms with Crippen LogP contribution in [-0.2, 0) is 0 Å². The van der Waals surface area contributed by atoms with Crippen LogP contribution in [0.15, 0.2) is 66.9 Å². The first-order valence-electron chi connectivity index (χ1n) is 9.21. The molecule has 0 radical (unpaired) electrons. The molecule has 3 aromatic rings. The summed E-state index contributed by atoms with van der Waals surface area (Å²) in [6.45, 7) is 2.85. The molecule has 0 aliphatic rings. The van der Waals surface area contributed by atoms with Gasteiger partial charge in [-0.05, 0) is 30.7 Å². The molecule has 138 valence electrons. The Balaban J connectivity index is 1.66. The van der Waals surface area contributed by atoms with Gasteiger partial charge in [-0.15, -0.1) is 0 Å². The van der Waals surface area contributed by atoms with Crippen LogP contribution in [-0.4, -0.2) is 22.4 Å². The van der Waals surface area contributed by atoms with E-state index in [9.17, 15) is 4.79 Å². The van der Waals surface area contributed by atoms with Crippen LogP contribution in [0.3, 0.4) is 0 Å². The Morgan fingerprint density at radius 3 is 2.52 bits per heavy atom. The van der Waals surface area contributed by atoms with Crippen molar-refractivity contribution in [2.45, 2.75) is 26.2 Å². The molecule has 1 aromatic heterocycles. The maximum atomic E-state index is 12.2. The Kier molecular flexibility index (Phi) is 6.52. The van der Waals surface area contributed by atoms with Crippen molar-refractivity contribution >= 4 is 5.91 Å². The van der Waals surface area contributed by atoms with Crippen molar-refractivity contribution < 1.29 is 9.53 Å². The van der Waals surface area contributed by atoms with E-state index in [-0.39, 0.29) is 5.91 Å². The van der Waals surface area contributed by atoms with E-state index in [0.717, 1.165) is 30.6 Å². The number of nitrogens with one attached hydrogen (secondary N) is 1. The number of nitrogens with zero attached hydrogens (tertiary/aromatic N) is 2. The summed E-state index contributed by atoms with van der Waals surface area (Å²) in [6, 6.07) is 18.5. The lowest BCUT2D eigenvalue weighted by Crippen LogP contribution is -2.24. The molecule has 5 nitrogen and oxygen atoms in total. The number of rotatable bonds is 8. The molecule has 1 heterocycles. The summed E-state index contributed by atoms with van der Waals surface area (Å²) >= 11 is 0. The van der Waals surface area contributed by atoms with Crippen molar-refractivity contribution in [3.63, 3.8) is 0 Å². The molecule has 0 aliphatic heterocycles. The van der Waals surface area contributed by atoms with E-state index < -0.39 is 0 Å². The quantitative estimate of drug-likeness (QED) is 0.582. The Morgan fingerprint density at radius 1 is 1.00 bits per heavy atom. The highest BCUT2D eigenvalue weighted by Gasteiger charge is 2.08. The van der Waals surface area contributed by atoms with Crippen LogP contribution in [0.1, 0.15) is 36.5 Å². The molecule has 1 amide bonds. The number of para-hydroxylation sites is 1. The number of benzene rings is 2. The van der Waals surface area contributed by atoms with Crippen molar-refractivity contribution in [3.05, 3.63) is 72.4 Å². The minimum atomic E-state index is -0.0558. The highest BCUT2D eigenvalue weighted by molar-refractivity contribution is 5.94. The van der Waals surface area contributed by atoms with Crippen LogP contribution in [0.4, 0.5) is 0 Å². The summed E-state index contributed by atoms with van der Waals surface area (Å²) in [7, 11) is 0. The van der Waals surface area contributed by atoms with Crippen molar-refractivity contribution in [1.29, 1.82) is 0 Å². The highest BCUT2D eigenvalue weighted by atomic mass is 16.5. The molecule has 0 aliphatic carbocycles. The van der Waals surface area contributed by atoms with Gasteiger partial charge in [-0.1, -0.05) is 50.1 Å². The van der Waals surface area contributed by atoms with Gasteiger partial charge in [0.25, 0.3) is 5.91 Å². The SMILES string of the molecule is CCCCCNC(=O)c1ccc(-c2nccc(Oc3ccccc3)n2)cc1. The Bertz CT molecular complexity index is 864. The van der Waals surface area contributed by atoms with Gasteiger partial charge >= 0.3 is 0 Å². The number of unbranched alkanes of at least 4 members (excludes halogenated alkanes) is 2. The van der Waals surface area contributed by atoms with E-state index in [1.54, 1.807) is 24.4 Å². The van der Waals surface area contributed by atoms with Gasteiger partial charge in [0.15, 0.2) is 5.82 Å². The van der Waals surface area contributed by atoms with E-state index >= 15 is 0 Å². The second-order valence-corrected chi connectivity index (χ2v) is 6.17. The van der Waals surface area contributed by atoms with E-state index in [1.807, 2.05) is 42.5 Å². The first kappa shape index (κ1) is 18.6. The summed E-state index contributed by atoms with van der Waals surface area (Å²) in [4.78, 5) is 20.9. The summed E-state index contributed by atoms with van der Waals surface area (Å²) in [5, 5.41) is 2.94. The average molecular weight is 361 g/mol. The Labute approximate surface area is 159 Å². The smallest absolute Gasteiger partial charge is 0.251 e. The van der Waals surface area contributed by atoms with Crippen LogP contribution >= 0.6 is 0 Å². The summed E-state index contributed by atoms with van der Waals surface area (Å²) < 4.78 is 5.75. The number of aromatic nitrogens is 2. The average Bonchev–Trinajstić information content (AvgIpc) is 2.72. The lowest BCUT2D eigenvalue weighted by Gasteiger charge is -2.07. The third-order valence-electron chi connectivity index (χ3n) is 4.07. The lowest BCUT2D eigenvalue weighted by molar-refractivity contribution is 0.0953. The summed E-state index contributed by atoms with van der Waals surface area (Å²) in [5.41, 5.74) is 1.46. The molecular formula is C22H23N3O2. The van der Waals surface area contributed by atoms with Crippen molar-refractivity contribution in [2.24, 2.45) is 0 Å². The monoisotopic (exact) mass is 361 g/mol. The van der Waals surface area contributed by atoms with Gasteiger partial charge in [-0.2, -0.15) is 4.98 Å². The molecule has 0 fully saturated rings. The van der Waals surface area contributed by atoms with Crippen molar-refractivity contribution in [3.8, 4) is 23.0 Å². The number of hydrogen-bond donors (Lipinski definition) is 1. The minimum Gasteiger partial charge on any atom is -0.439 e. The van der Waals surface area contributed by atoms with Crippen LogP contribution in [0.25, 0.3) is 11.4 Å². The third-order valence-corrected chi connectivity index (χ3v) is 4.07. The third kappa shape index (κ3) is 5.38. The van der Waals surface area contributed by atoms with Crippen molar-refractivity contribution in [1.82, 2.24) is 15.3 Å². The molecule has 27 heavy (non-hydrogen) atoms. The summed E-state index contributed by atoms with van der Waals surface area (Å²) in [6.07, 6.45) is 4.92. The van der Waals surface area contributed by atoms with E-state index in [4.69, 9.17) is 4.74 Å². The van der Waals surface area contributed by atoms with Crippen LogP contribution < -0.4 is 10.1 Å². The van der Waals surface area contributed by atoms with Gasteiger partial charge in [0.1, 0.15) is 5.75 Å². The molecule has 0 spiro atoms. The maximum absolute atomic E-state index is 12.2. The van der Waals surface area contributed by atoms with Gasteiger partial charge in [-0.25, -0.2) is 4.98 Å². The molecule has 2 aromatic carbocycles. The van der Waals surface area contributed by atoms with Crippen molar-refractivity contribution in [2.75, 3.05) is 6.54 Å². The first-order chi connectivity index (χ1) is 13.3. The number of amides is 1. The normalized spacial score (nSPS) is 10.4. The zero-order chi connectivity index (χ0) is 18.9. The molecule has 0 saturated heterocycles. The fourth-order valence-corrected chi connectivity index (χ4v) is 2.60. The molecular weight excluding hydrogens is 338 g/mol. The number of carbonyl (C=O) groups is 1. The van der Waals surface area contributed by atoms with Crippen LogP contribution in [0, 0.1) is 0 Å². The molecule has 0 atom stereocenters. The van der Waals surface area contributed by atoms with Crippen LogP contribution in [0.2, 0.25) is 0 Å². The lowest BCUT2D eigenvalue weighted by atomic mass is 10.1. The number of hydrogen-bond acceptors (Lipinski definition) is 4. The second-order valence-electron chi connectivity index (χ2n) is 6.17. The fourth-order valence-electron chi connectivity index (χ4n) is 2.60. The van der Waals surface area contributed by atoms with Gasteiger partial charge in [0, 0.05) is 29.9 Å². The largest absolute Gasteiger partial charge is 0.439 e. The van der Waals surface area contributed by atoms with Crippen LogP contribution in [0.5, 0.6) is 11.6 Å². The number of ether oxygens (including phenoxy) is 1. The first-order valence-corrected chi connectivity index (χ1v) is 9.21. The van der Waals surface area contributed by atoms with E-state index in [2.05, 4.69) is 22.2 Å². The highest BCUT2D eigenvalue weighted by Crippen LogP contribution is 2.22. The Hall–Kier alpha value is -3.21. The molecule has 3 rings (SSSR count). The van der Waals surface area contributed by atoms with Gasteiger partial charge < -0.3 is 10.1 Å². The summed E-state index contributed by atoms with van der Waals surface area (Å²) in [5.74, 6) is 1.69. The molecule has 0 unspecified atom stereocenters. The van der Waals surface area contributed by atoms with Gasteiger partial charge in [0.05, 0.1) is 0 Å². The molecule has 0 bridgehead atoms. The predicted molar refractivity (Wildman–Crippen MR) is 106 cm³/mol. The maximum Gasteiger partial charge on any atom is 0.251 e. The second kappa shape index (κ2) is 9.48. The van der Waals surface area contributed by atoms with E-state index in [0.29, 0.717) is 23.8 Å². The molecule has 5 heteroatoms. The van der Waals surface area contributed by atoms with E-state index in [1.165, 1.54) is 0 Å². The minimum absolute atomic E-state index is 0.0558. The molecule has 1 N–H and O–H groups in total. The predicted octanol–water partition coefficient (Wildman–Crippen LogP) is 4.86. The zero-order valence-electron chi connectivity index (χ0n) is 15.4. The molecule has 0 saturated carbocycles. The number of carbonyl (C=O) groups excluding carboxylic acids is 1. The topological polar surface area (TPSA) is 64.1 Å². The van der Waals surface area contributed by atoms with Gasteiger partial charge in [-0.3, -0.25) is 4.79 Å². The standard InChI is InChI=1S/C22H23N3O2/c1-2-3-7-15-24-22(26)18-12-10-17(11-13-18)21-23-16-14-20(25-21)27-19-8-5-4-6-9-19/h4-6,8-14,16H,2-3,7,15H2,1H3,(H,24,26). The zero-order valence-corrected chi connectivity index (χ0v) is 15.4.